The molecular formula is C20H26N2O2. The predicted octanol–water partition coefficient (Wildman–Crippen LogP) is 3.99. The van der Waals surface area contributed by atoms with Crippen LogP contribution in [0.5, 0.6) is 5.75 Å². The Kier molecular flexibility index (Phi) is 5.03. The highest BCUT2D eigenvalue weighted by molar-refractivity contribution is 5.99. The van der Waals surface area contributed by atoms with Crippen LogP contribution < -0.4 is 4.74 Å². The zero-order valence-electron chi connectivity index (χ0n) is 14.8. The molecule has 1 aromatic carbocycles. The Hall–Kier alpha value is -2.10. The number of rotatable bonds is 6. The molecule has 1 aliphatic rings. The molecule has 1 atom stereocenters. The van der Waals surface area contributed by atoms with Crippen molar-refractivity contribution >= 4 is 5.78 Å². The van der Waals surface area contributed by atoms with Crippen LogP contribution in [-0.2, 0) is 19.4 Å². The Labute approximate surface area is 143 Å². The fourth-order valence-electron chi connectivity index (χ4n) is 3.60. The summed E-state index contributed by atoms with van der Waals surface area (Å²) in [5, 5.41) is 0. The summed E-state index contributed by atoms with van der Waals surface area (Å²) in [5.41, 5.74) is 3.35. The molecule has 0 fully saturated rings. The highest BCUT2D eigenvalue weighted by Crippen LogP contribution is 2.33. The van der Waals surface area contributed by atoms with E-state index < -0.39 is 0 Å². The second-order valence-electron chi connectivity index (χ2n) is 6.60. The minimum Gasteiger partial charge on any atom is -0.494 e. The van der Waals surface area contributed by atoms with Crippen LogP contribution in [0.1, 0.15) is 54.0 Å². The van der Waals surface area contributed by atoms with Gasteiger partial charge >= 0.3 is 0 Å². The molecule has 0 spiro atoms. The monoisotopic (exact) mass is 326 g/mol. The number of hydrogen-bond donors (Lipinski definition) is 0. The Bertz CT molecular complexity index is 733. The van der Waals surface area contributed by atoms with Gasteiger partial charge in [-0.05, 0) is 62.8 Å². The van der Waals surface area contributed by atoms with Crippen LogP contribution in [0, 0.1) is 12.8 Å². The largest absolute Gasteiger partial charge is 0.494 e. The predicted molar refractivity (Wildman–Crippen MR) is 94.7 cm³/mol. The lowest BCUT2D eigenvalue weighted by Gasteiger charge is -2.23. The molecule has 3 rings (SSSR count). The van der Waals surface area contributed by atoms with Gasteiger partial charge in [0.25, 0.3) is 0 Å². The van der Waals surface area contributed by atoms with Crippen molar-refractivity contribution in [3.05, 3.63) is 47.0 Å². The first-order valence-corrected chi connectivity index (χ1v) is 8.91. The molecule has 24 heavy (non-hydrogen) atoms. The maximum atomic E-state index is 13.0. The van der Waals surface area contributed by atoms with Crippen LogP contribution in [0.25, 0.3) is 0 Å². The summed E-state index contributed by atoms with van der Waals surface area (Å²) < 4.78 is 7.82. The van der Waals surface area contributed by atoms with Crippen molar-refractivity contribution in [2.24, 2.45) is 5.92 Å². The number of aromatic nitrogens is 2. The number of nitrogens with zero attached hydrogens (tertiary/aromatic N) is 2. The molecule has 0 aliphatic heterocycles. The highest BCUT2D eigenvalue weighted by Gasteiger charge is 2.24. The lowest BCUT2D eigenvalue weighted by Crippen LogP contribution is -2.21. The van der Waals surface area contributed by atoms with Gasteiger partial charge in [-0.2, -0.15) is 0 Å². The van der Waals surface area contributed by atoms with E-state index in [1.807, 2.05) is 43.7 Å². The van der Waals surface area contributed by atoms with E-state index in [1.54, 1.807) is 6.20 Å². The summed E-state index contributed by atoms with van der Waals surface area (Å²) in [6, 6.07) is 3.95. The number of ketones is 1. The third kappa shape index (κ3) is 3.23. The summed E-state index contributed by atoms with van der Waals surface area (Å²) in [6.07, 6.45) is 8.04. The van der Waals surface area contributed by atoms with Gasteiger partial charge in [0.1, 0.15) is 11.6 Å². The second-order valence-corrected chi connectivity index (χ2v) is 6.60. The van der Waals surface area contributed by atoms with Gasteiger partial charge in [-0.15, -0.1) is 0 Å². The number of benzene rings is 1. The van der Waals surface area contributed by atoms with E-state index in [-0.39, 0.29) is 11.7 Å². The number of imidazole rings is 1. The molecule has 0 N–H and O–H groups in total. The van der Waals surface area contributed by atoms with Crippen LogP contribution in [0.4, 0.5) is 0 Å². The lowest BCUT2D eigenvalue weighted by atomic mass is 9.84. The van der Waals surface area contributed by atoms with Crippen molar-refractivity contribution in [1.82, 2.24) is 9.55 Å². The van der Waals surface area contributed by atoms with Gasteiger partial charge in [0.05, 0.1) is 6.61 Å². The number of hydrogen-bond acceptors (Lipinski definition) is 3. The molecule has 0 radical (unpaired) electrons. The number of Topliss-reactive ketones (excluding diaryl/α,β-unsaturated/α-hetero) is 1. The fourth-order valence-corrected chi connectivity index (χ4v) is 3.60. The number of aryl methyl sites for hydroxylation is 1. The van der Waals surface area contributed by atoms with Gasteiger partial charge in [0, 0.05) is 30.4 Å². The standard InChI is InChI=1S/C20H26N2O2/c1-4-24-19-10-9-18(16-7-5-6-8-17(16)19)20(23)14(2)13-22-12-11-21-15(22)3/h9-12,14H,4-8,13H2,1-3H3. The Morgan fingerprint density at radius 1 is 1.29 bits per heavy atom. The molecule has 4 nitrogen and oxygen atoms in total. The normalized spacial score (nSPS) is 15.0. The molecule has 4 heteroatoms. The topological polar surface area (TPSA) is 44.1 Å². The van der Waals surface area contributed by atoms with Gasteiger partial charge in [0.15, 0.2) is 5.78 Å². The van der Waals surface area contributed by atoms with E-state index in [4.69, 9.17) is 4.74 Å². The van der Waals surface area contributed by atoms with Gasteiger partial charge in [-0.25, -0.2) is 4.98 Å². The molecule has 1 unspecified atom stereocenters. The van der Waals surface area contributed by atoms with E-state index >= 15 is 0 Å². The van der Waals surface area contributed by atoms with Crippen LogP contribution in [0.15, 0.2) is 24.5 Å². The Morgan fingerprint density at radius 3 is 2.71 bits per heavy atom. The smallest absolute Gasteiger partial charge is 0.167 e. The fraction of sp³-hybridized carbons (Fsp3) is 0.500. The van der Waals surface area contributed by atoms with E-state index in [0.717, 1.165) is 36.4 Å². The number of carbonyl (C=O) groups excluding carboxylic acids is 1. The summed E-state index contributed by atoms with van der Waals surface area (Å²) in [7, 11) is 0. The van der Waals surface area contributed by atoms with E-state index in [1.165, 1.54) is 17.5 Å². The summed E-state index contributed by atoms with van der Waals surface area (Å²) in [4.78, 5) is 17.3. The average molecular weight is 326 g/mol. The van der Waals surface area contributed by atoms with Gasteiger partial charge in [0.2, 0.25) is 0 Å². The van der Waals surface area contributed by atoms with Crippen molar-refractivity contribution in [3.8, 4) is 5.75 Å². The van der Waals surface area contributed by atoms with Gasteiger partial charge in [-0.1, -0.05) is 6.92 Å². The van der Waals surface area contributed by atoms with Crippen molar-refractivity contribution in [1.29, 1.82) is 0 Å². The molecule has 1 heterocycles. The first-order chi connectivity index (χ1) is 11.6. The molecular weight excluding hydrogens is 300 g/mol. The molecule has 1 aromatic heterocycles. The molecule has 0 saturated heterocycles. The Morgan fingerprint density at radius 2 is 2.04 bits per heavy atom. The third-order valence-electron chi connectivity index (χ3n) is 4.90. The zero-order chi connectivity index (χ0) is 17.1. The highest BCUT2D eigenvalue weighted by atomic mass is 16.5. The van der Waals surface area contributed by atoms with Crippen LogP contribution in [0.3, 0.4) is 0 Å². The van der Waals surface area contributed by atoms with E-state index in [0.29, 0.717) is 13.2 Å². The summed E-state index contributed by atoms with van der Waals surface area (Å²) >= 11 is 0. The average Bonchev–Trinajstić information content (AvgIpc) is 2.99. The summed E-state index contributed by atoms with van der Waals surface area (Å²) in [6.45, 7) is 7.32. The first kappa shape index (κ1) is 16.7. The summed E-state index contributed by atoms with van der Waals surface area (Å²) in [5.74, 6) is 2.07. The lowest BCUT2D eigenvalue weighted by molar-refractivity contribution is 0.0916. The van der Waals surface area contributed by atoms with E-state index in [9.17, 15) is 4.79 Å². The number of carbonyl (C=O) groups is 1. The maximum absolute atomic E-state index is 13.0. The van der Waals surface area contributed by atoms with Crippen molar-refractivity contribution < 1.29 is 9.53 Å². The van der Waals surface area contributed by atoms with Crippen LogP contribution >= 0.6 is 0 Å². The number of fused-ring (bicyclic) bond motifs is 1. The molecule has 0 amide bonds. The van der Waals surface area contributed by atoms with Gasteiger partial charge < -0.3 is 9.30 Å². The van der Waals surface area contributed by atoms with Crippen molar-refractivity contribution in [2.75, 3.05) is 6.61 Å². The zero-order valence-corrected chi connectivity index (χ0v) is 14.8. The third-order valence-corrected chi connectivity index (χ3v) is 4.90. The van der Waals surface area contributed by atoms with Gasteiger partial charge in [-0.3, -0.25) is 4.79 Å². The molecule has 1 aliphatic carbocycles. The number of ether oxygens (including phenoxy) is 1. The molecule has 0 bridgehead atoms. The first-order valence-electron chi connectivity index (χ1n) is 8.91. The SMILES string of the molecule is CCOc1ccc(C(=O)C(C)Cn2ccnc2C)c2c1CCCC2. The molecule has 2 aromatic rings. The van der Waals surface area contributed by atoms with Crippen molar-refractivity contribution in [2.45, 2.75) is 53.0 Å². The molecule has 128 valence electrons. The minimum absolute atomic E-state index is 0.0677. The van der Waals surface area contributed by atoms with Crippen LogP contribution in [0.2, 0.25) is 0 Å². The molecule has 0 saturated carbocycles. The quantitative estimate of drug-likeness (QED) is 0.754. The second kappa shape index (κ2) is 7.20. The Balaban J connectivity index is 1.88. The van der Waals surface area contributed by atoms with Crippen molar-refractivity contribution in [3.63, 3.8) is 0 Å². The van der Waals surface area contributed by atoms with E-state index in [2.05, 4.69) is 4.98 Å². The minimum atomic E-state index is -0.0677. The van der Waals surface area contributed by atoms with Crippen LogP contribution in [-0.4, -0.2) is 21.9 Å². The maximum Gasteiger partial charge on any atom is 0.167 e.